The Kier molecular flexibility index (Phi) is 7.42. The second kappa shape index (κ2) is 10.0. The molecule has 1 saturated heterocycles. The first-order valence-corrected chi connectivity index (χ1v) is 10.2. The van der Waals surface area contributed by atoms with E-state index in [0.29, 0.717) is 12.6 Å². The molecule has 0 aromatic heterocycles. The van der Waals surface area contributed by atoms with Crippen LogP contribution in [0.4, 0.5) is 0 Å². The van der Waals surface area contributed by atoms with Crippen LogP contribution in [-0.2, 0) is 21.4 Å². The molecule has 0 bridgehead atoms. The molecule has 2 unspecified atom stereocenters. The standard InChI is InChI=1S/C24H33N3O2/c1-27-15-14-24(20-12-8-5-9-13-20,17-21(27)16-22(28-2)29-3)23(25)26-18-19-10-6-4-7-11-19/h4-13,21-22H,14-18H2,1-3H3,(H2,25,26). The summed E-state index contributed by atoms with van der Waals surface area (Å²) < 4.78 is 11.0. The van der Waals surface area contributed by atoms with E-state index in [1.165, 1.54) is 11.1 Å². The number of hydrogen-bond donors (Lipinski definition) is 1. The van der Waals surface area contributed by atoms with Crippen LogP contribution in [0.25, 0.3) is 0 Å². The Bertz CT molecular complexity index is 777. The molecule has 0 radical (unpaired) electrons. The van der Waals surface area contributed by atoms with Crippen molar-refractivity contribution in [3.63, 3.8) is 0 Å². The monoisotopic (exact) mass is 395 g/mol. The lowest BCUT2D eigenvalue weighted by atomic mass is 9.69. The summed E-state index contributed by atoms with van der Waals surface area (Å²) in [5.74, 6) is 0.719. The predicted octanol–water partition coefficient (Wildman–Crippen LogP) is 3.59. The molecular weight excluding hydrogens is 362 g/mol. The lowest BCUT2D eigenvalue weighted by Crippen LogP contribution is -2.54. The maximum Gasteiger partial charge on any atom is 0.158 e. The second-order valence-electron chi connectivity index (χ2n) is 7.86. The van der Waals surface area contributed by atoms with E-state index in [2.05, 4.69) is 48.3 Å². The highest BCUT2D eigenvalue weighted by molar-refractivity contribution is 5.92. The number of piperidine rings is 1. The van der Waals surface area contributed by atoms with Gasteiger partial charge in [-0.05, 0) is 37.6 Å². The third-order valence-corrected chi connectivity index (χ3v) is 6.18. The predicted molar refractivity (Wildman–Crippen MR) is 118 cm³/mol. The van der Waals surface area contributed by atoms with Crippen LogP contribution in [0.5, 0.6) is 0 Å². The summed E-state index contributed by atoms with van der Waals surface area (Å²) >= 11 is 0. The van der Waals surface area contributed by atoms with Gasteiger partial charge in [0.1, 0.15) is 5.84 Å². The van der Waals surface area contributed by atoms with Crippen LogP contribution in [0.1, 0.15) is 30.4 Å². The van der Waals surface area contributed by atoms with Crippen LogP contribution < -0.4 is 5.73 Å². The van der Waals surface area contributed by atoms with E-state index in [0.717, 1.165) is 31.6 Å². The van der Waals surface area contributed by atoms with E-state index in [9.17, 15) is 0 Å². The number of hydrogen-bond acceptors (Lipinski definition) is 4. The van der Waals surface area contributed by atoms with E-state index >= 15 is 0 Å². The summed E-state index contributed by atoms with van der Waals surface area (Å²) in [6.45, 7) is 1.54. The van der Waals surface area contributed by atoms with Crippen molar-refractivity contribution in [2.75, 3.05) is 27.8 Å². The molecule has 1 heterocycles. The molecule has 0 spiro atoms. The van der Waals surface area contributed by atoms with E-state index in [-0.39, 0.29) is 11.7 Å². The number of ether oxygens (including phenoxy) is 2. The normalized spacial score (nSPS) is 23.4. The summed E-state index contributed by atoms with van der Waals surface area (Å²) in [6.07, 6.45) is 2.40. The van der Waals surface area contributed by atoms with Gasteiger partial charge in [-0.3, -0.25) is 4.99 Å². The van der Waals surface area contributed by atoms with Crippen LogP contribution in [-0.4, -0.2) is 50.9 Å². The van der Waals surface area contributed by atoms with Gasteiger partial charge in [0, 0.05) is 26.7 Å². The fraction of sp³-hybridized carbons (Fsp3) is 0.458. The van der Waals surface area contributed by atoms with Gasteiger partial charge in [-0.25, -0.2) is 0 Å². The Morgan fingerprint density at radius 3 is 2.34 bits per heavy atom. The quantitative estimate of drug-likeness (QED) is 0.422. The van der Waals surface area contributed by atoms with E-state index in [1.807, 2.05) is 24.3 Å². The van der Waals surface area contributed by atoms with Gasteiger partial charge >= 0.3 is 0 Å². The Labute approximate surface area is 174 Å². The third-order valence-electron chi connectivity index (χ3n) is 6.18. The number of nitrogens with two attached hydrogens (primary N) is 1. The summed E-state index contributed by atoms with van der Waals surface area (Å²) in [5.41, 5.74) is 8.86. The first kappa shape index (κ1) is 21.5. The Balaban J connectivity index is 1.91. The van der Waals surface area contributed by atoms with Crippen molar-refractivity contribution >= 4 is 5.84 Å². The zero-order valence-electron chi connectivity index (χ0n) is 17.8. The van der Waals surface area contributed by atoms with Gasteiger partial charge in [0.15, 0.2) is 6.29 Å². The van der Waals surface area contributed by atoms with Crippen molar-refractivity contribution in [2.24, 2.45) is 10.7 Å². The van der Waals surface area contributed by atoms with Crippen molar-refractivity contribution in [1.29, 1.82) is 0 Å². The molecule has 2 aromatic rings. The van der Waals surface area contributed by atoms with Crippen molar-refractivity contribution in [3.8, 4) is 0 Å². The van der Waals surface area contributed by atoms with Crippen LogP contribution in [0, 0.1) is 0 Å². The van der Waals surface area contributed by atoms with Gasteiger partial charge in [-0.1, -0.05) is 60.7 Å². The van der Waals surface area contributed by atoms with Gasteiger partial charge in [0.25, 0.3) is 0 Å². The average Bonchev–Trinajstić information content (AvgIpc) is 2.78. The van der Waals surface area contributed by atoms with Crippen molar-refractivity contribution in [3.05, 3.63) is 71.8 Å². The summed E-state index contributed by atoms with van der Waals surface area (Å²) in [7, 11) is 5.55. The van der Waals surface area contributed by atoms with Gasteiger partial charge in [-0.2, -0.15) is 0 Å². The first-order chi connectivity index (χ1) is 14.1. The fourth-order valence-electron chi connectivity index (χ4n) is 4.30. The third kappa shape index (κ3) is 5.04. The van der Waals surface area contributed by atoms with Gasteiger partial charge in [-0.15, -0.1) is 0 Å². The number of aliphatic imine (C=N–C) groups is 1. The molecule has 1 aliphatic rings. The molecule has 0 saturated carbocycles. The highest BCUT2D eigenvalue weighted by atomic mass is 16.7. The lowest BCUT2D eigenvalue weighted by molar-refractivity contribution is -0.119. The molecule has 2 N–H and O–H groups in total. The molecule has 2 atom stereocenters. The van der Waals surface area contributed by atoms with E-state index in [1.54, 1.807) is 14.2 Å². The second-order valence-corrected chi connectivity index (χ2v) is 7.86. The van der Waals surface area contributed by atoms with Crippen LogP contribution in [0.15, 0.2) is 65.7 Å². The first-order valence-electron chi connectivity index (χ1n) is 10.2. The minimum atomic E-state index is -0.279. The van der Waals surface area contributed by atoms with Crippen LogP contribution >= 0.6 is 0 Å². The minimum Gasteiger partial charge on any atom is -0.387 e. The zero-order valence-corrected chi connectivity index (χ0v) is 17.8. The molecule has 5 nitrogen and oxygen atoms in total. The summed E-state index contributed by atoms with van der Waals surface area (Å²) in [5, 5.41) is 0. The minimum absolute atomic E-state index is 0.225. The fourth-order valence-corrected chi connectivity index (χ4v) is 4.30. The Morgan fingerprint density at radius 1 is 1.10 bits per heavy atom. The highest BCUT2D eigenvalue weighted by Crippen LogP contribution is 2.39. The maximum atomic E-state index is 6.74. The molecule has 156 valence electrons. The van der Waals surface area contributed by atoms with Gasteiger partial charge in [0.05, 0.1) is 12.0 Å². The number of amidine groups is 1. The van der Waals surface area contributed by atoms with Crippen molar-refractivity contribution in [1.82, 2.24) is 4.90 Å². The topological polar surface area (TPSA) is 60.1 Å². The average molecular weight is 396 g/mol. The number of rotatable bonds is 8. The number of methoxy groups -OCH3 is 2. The molecule has 29 heavy (non-hydrogen) atoms. The number of likely N-dealkylation sites (tertiary alicyclic amines) is 1. The largest absolute Gasteiger partial charge is 0.387 e. The lowest BCUT2D eigenvalue weighted by Gasteiger charge is -2.46. The highest BCUT2D eigenvalue weighted by Gasteiger charge is 2.43. The van der Waals surface area contributed by atoms with Crippen LogP contribution in [0.2, 0.25) is 0 Å². The molecule has 5 heteroatoms. The maximum absolute atomic E-state index is 6.74. The van der Waals surface area contributed by atoms with E-state index < -0.39 is 0 Å². The summed E-state index contributed by atoms with van der Waals surface area (Å²) in [4.78, 5) is 7.24. The number of benzene rings is 2. The van der Waals surface area contributed by atoms with Gasteiger partial charge in [0.2, 0.25) is 0 Å². The van der Waals surface area contributed by atoms with Crippen LogP contribution in [0.3, 0.4) is 0 Å². The van der Waals surface area contributed by atoms with Gasteiger partial charge < -0.3 is 20.1 Å². The van der Waals surface area contributed by atoms with E-state index in [4.69, 9.17) is 20.2 Å². The Hall–Kier alpha value is -2.21. The number of nitrogens with zero attached hydrogens (tertiary/aromatic N) is 2. The SMILES string of the molecule is COC(CC1CC(C(N)=NCc2ccccc2)(c2ccccc2)CCN1C)OC. The summed E-state index contributed by atoms with van der Waals surface area (Å²) in [6, 6.07) is 21.1. The molecular formula is C24H33N3O2. The Morgan fingerprint density at radius 2 is 1.72 bits per heavy atom. The molecule has 2 aromatic carbocycles. The zero-order chi connectivity index (χ0) is 20.7. The molecule has 1 fully saturated rings. The molecule has 1 aliphatic heterocycles. The molecule has 0 amide bonds. The van der Waals surface area contributed by atoms with Crippen molar-refractivity contribution in [2.45, 2.75) is 43.6 Å². The smallest absolute Gasteiger partial charge is 0.158 e. The van der Waals surface area contributed by atoms with Crippen molar-refractivity contribution < 1.29 is 9.47 Å². The molecule has 3 rings (SSSR count). The molecule has 0 aliphatic carbocycles.